The number of nitrogens with zero attached hydrogens (tertiary/aromatic N) is 5. The van der Waals surface area contributed by atoms with Crippen LogP contribution in [0.15, 0.2) is 171 Å². The molecule has 4 aromatic heterocycles. The molecule has 1 saturated heterocycles. The molecule has 0 bridgehead atoms. The van der Waals surface area contributed by atoms with Crippen LogP contribution in [0, 0.1) is 34.8 Å². The Labute approximate surface area is 431 Å². The summed E-state index contributed by atoms with van der Waals surface area (Å²) < 4.78 is 14.2. The van der Waals surface area contributed by atoms with Gasteiger partial charge in [-0.3, -0.25) is 0 Å². The van der Waals surface area contributed by atoms with Gasteiger partial charge in [0.25, 0.3) is 0 Å². The fraction of sp³-hybridized carbons (Fsp3) is 0.500. The Balaban J connectivity index is 0.000000166. The zero-order chi connectivity index (χ0) is 51.0. The predicted molar refractivity (Wildman–Crippen MR) is 292 cm³/mol. The smallest absolute Gasteiger partial charge is 0.210 e. The first-order chi connectivity index (χ1) is 34.2. The average molecular weight is 964 g/mol. The number of rotatable bonds is 11. The summed E-state index contributed by atoms with van der Waals surface area (Å²) in [6, 6.07) is 43.6. The maximum absolute atomic E-state index is 12.4. The molecule has 5 heterocycles. The van der Waals surface area contributed by atoms with Gasteiger partial charge in [-0.05, 0) is 65.9 Å². The second-order valence-corrected chi connectivity index (χ2v) is 22.1. The van der Waals surface area contributed by atoms with Gasteiger partial charge in [0, 0.05) is 97.8 Å². The van der Waals surface area contributed by atoms with Gasteiger partial charge in [0.15, 0.2) is 68.2 Å². The molecule has 3 aliphatic rings. The molecule has 0 N–H and O–H groups in total. The van der Waals surface area contributed by atoms with Crippen molar-refractivity contribution in [1.29, 1.82) is 0 Å². The number of ether oxygens (including phenoxy) is 1. The summed E-state index contributed by atoms with van der Waals surface area (Å²) in [6.07, 6.45) is 26.8. The Hall–Kier alpha value is -5.08. The van der Waals surface area contributed by atoms with Crippen molar-refractivity contribution in [3.05, 3.63) is 193 Å². The van der Waals surface area contributed by atoms with Gasteiger partial charge in [0.05, 0.1) is 13.2 Å². The molecule has 3 fully saturated rings. The molecule has 2 saturated carbocycles. The number of pyridine rings is 4. The third-order valence-electron chi connectivity index (χ3n) is 14.7. The van der Waals surface area contributed by atoms with Gasteiger partial charge in [0.1, 0.15) is 19.6 Å². The fourth-order valence-electron chi connectivity index (χ4n) is 10.00. The Morgan fingerprint density at radius 3 is 1.37 bits per heavy atom. The van der Waals surface area contributed by atoms with Crippen LogP contribution < -0.4 is 18.3 Å². The van der Waals surface area contributed by atoms with E-state index in [0.29, 0.717) is 44.7 Å². The normalized spacial score (nSPS) is 19.4. The van der Waals surface area contributed by atoms with Crippen molar-refractivity contribution in [2.75, 3.05) is 26.3 Å². The van der Waals surface area contributed by atoms with Crippen molar-refractivity contribution < 1.29 is 27.7 Å². The number of hydrogen-bond donors (Lipinski definition) is 0. The molecule has 2 aliphatic carbocycles. The molecule has 6 aromatic rings. The monoisotopic (exact) mass is 964 g/mol. The molecule has 0 radical (unpaired) electrons. The maximum atomic E-state index is 12.4. The molecule has 7 heteroatoms. The zero-order valence-electron chi connectivity index (χ0n) is 45.6. The summed E-state index contributed by atoms with van der Waals surface area (Å²) in [7, 11) is 0. The molecular weight excluding hydrogens is 871 g/mol. The number of benzene rings is 2. The summed E-state index contributed by atoms with van der Waals surface area (Å²) in [5.74, 6) is 5.49. The Kier molecular flexibility index (Phi) is 24.1. The van der Waals surface area contributed by atoms with Crippen LogP contribution in [0.3, 0.4) is 0 Å². The SMILES string of the molecule is CC(C)C1CCC([n+]2ccccc2)C1.CC(C)C1CCC([n+]2ccccc2)CC1.CC(C)C[n+]1ccccc1.CC(C)c1ccc(-[n+]2ccccc2)cc1.CC(C)c1ccc(C[N+]2([O-])CCOCC2)cc1. The van der Waals surface area contributed by atoms with Crippen LogP contribution in [0.1, 0.15) is 155 Å². The summed E-state index contributed by atoms with van der Waals surface area (Å²) >= 11 is 0. The summed E-state index contributed by atoms with van der Waals surface area (Å²) in [5.41, 5.74) is 5.05. The van der Waals surface area contributed by atoms with Gasteiger partial charge in [-0.2, -0.15) is 4.57 Å². The van der Waals surface area contributed by atoms with E-state index in [0.717, 1.165) is 53.8 Å². The standard InChI is InChI=1S/C14H21NO2.C14H22N.C14H16N.C13H20N.C9H14N/c1-12(2)14-5-3-13(4-6-14)11-15(16)7-9-17-10-8-15;2*1-12(2)13-6-8-14(9-7-13)15-10-4-3-5-11-15;1-11(2)12-6-7-13(10-12)14-8-4-3-5-9-14;1-9(2)8-10-6-4-3-5-7-10/h3-6,12H,7-11H2,1-2H3;3-5,10-14H,6-9H2,1-2H3;3-12H,1-2H3;3-5,8-9,11-13H,6-7,10H2,1-2H3;3-7,9H,8H2,1-2H3/q;4*+1. The Morgan fingerprint density at radius 1 is 0.493 bits per heavy atom. The van der Waals surface area contributed by atoms with Crippen LogP contribution in [0.5, 0.6) is 0 Å². The van der Waals surface area contributed by atoms with E-state index in [1.807, 2.05) is 24.3 Å². The lowest BCUT2D eigenvalue weighted by Crippen LogP contribution is -2.49. The summed E-state index contributed by atoms with van der Waals surface area (Å²) in [5, 5.41) is 12.4. The highest BCUT2D eigenvalue weighted by Crippen LogP contribution is 2.36. The minimum absolute atomic E-state index is 0.138. The minimum Gasteiger partial charge on any atom is -0.632 e. The molecule has 0 amide bonds. The van der Waals surface area contributed by atoms with Crippen LogP contribution in [0.25, 0.3) is 5.69 Å². The highest BCUT2D eigenvalue weighted by atomic mass is 16.6. The minimum atomic E-state index is -0.138. The maximum Gasteiger partial charge on any atom is 0.210 e. The topological polar surface area (TPSA) is 47.8 Å². The van der Waals surface area contributed by atoms with Crippen molar-refractivity contribution in [1.82, 2.24) is 0 Å². The molecule has 71 heavy (non-hydrogen) atoms. The lowest BCUT2D eigenvalue weighted by Gasteiger charge is -2.45. The molecule has 7 nitrogen and oxygen atoms in total. The molecule has 9 rings (SSSR count). The fourth-order valence-corrected chi connectivity index (χ4v) is 10.00. The molecular formula is C64H93N5O2+4. The van der Waals surface area contributed by atoms with Crippen molar-refractivity contribution in [3.8, 4) is 5.69 Å². The first-order valence-corrected chi connectivity index (χ1v) is 27.4. The third-order valence-corrected chi connectivity index (χ3v) is 14.7. The van der Waals surface area contributed by atoms with Crippen LogP contribution >= 0.6 is 0 Å². The molecule has 1 aliphatic heterocycles. The van der Waals surface area contributed by atoms with Crippen molar-refractivity contribution in [2.45, 2.75) is 151 Å². The third kappa shape index (κ3) is 20.2. The molecule has 382 valence electrons. The number of hydrogen-bond acceptors (Lipinski definition) is 2. The summed E-state index contributed by atoms with van der Waals surface area (Å²) in [6.45, 7) is 26.7. The largest absolute Gasteiger partial charge is 0.632 e. The molecule has 2 unspecified atom stereocenters. The van der Waals surface area contributed by atoms with Crippen LogP contribution in [0.4, 0.5) is 0 Å². The van der Waals surface area contributed by atoms with Gasteiger partial charge in [-0.1, -0.05) is 130 Å². The van der Waals surface area contributed by atoms with Crippen LogP contribution in [0.2, 0.25) is 0 Å². The first kappa shape index (κ1) is 56.8. The van der Waals surface area contributed by atoms with E-state index < -0.39 is 0 Å². The Morgan fingerprint density at radius 2 is 0.915 bits per heavy atom. The molecule has 2 aromatic carbocycles. The van der Waals surface area contributed by atoms with E-state index in [4.69, 9.17) is 4.74 Å². The number of morpholine rings is 1. The van der Waals surface area contributed by atoms with E-state index in [-0.39, 0.29) is 4.65 Å². The van der Waals surface area contributed by atoms with E-state index >= 15 is 0 Å². The molecule has 2 atom stereocenters. The lowest BCUT2D eigenvalue weighted by molar-refractivity contribution is -0.901. The van der Waals surface area contributed by atoms with Crippen LogP contribution in [-0.2, 0) is 17.8 Å². The quantitative estimate of drug-likeness (QED) is 0.0738. The first-order valence-electron chi connectivity index (χ1n) is 27.4. The Bertz CT molecular complexity index is 2270. The van der Waals surface area contributed by atoms with E-state index in [9.17, 15) is 5.21 Å². The van der Waals surface area contributed by atoms with Crippen molar-refractivity contribution in [3.63, 3.8) is 0 Å². The van der Waals surface area contributed by atoms with E-state index in [2.05, 4.69) is 234 Å². The van der Waals surface area contributed by atoms with Gasteiger partial charge >= 0.3 is 0 Å². The van der Waals surface area contributed by atoms with Gasteiger partial charge in [0.2, 0.25) is 5.69 Å². The van der Waals surface area contributed by atoms with E-state index in [1.165, 1.54) is 61.8 Å². The van der Waals surface area contributed by atoms with Gasteiger partial charge in [-0.25, -0.2) is 13.7 Å². The van der Waals surface area contributed by atoms with Gasteiger partial charge < -0.3 is 14.6 Å². The lowest BCUT2D eigenvalue weighted by atomic mass is 9.79. The van der Waals surface area contributed by atoms with Gasteiger partial charge in [-0.15, -0.1) is 0 Å². The second-order valence-electron chi connectivity index (χ2n) is 22.1. The highest BCUT2D eigenvalue weighted by Gasteiger charge is 2.32. The number of hydroxylamine groups is 3. The van der Waals surface area contributed by atoms with E-state index in [1.54, 1.807) is 0 Å². The van der Waals surface area contributed by atoms with Crippen molar-refractivity contribution >= 4 is 0 Å². The number of quaternary nitrogens is 1. The number of aromatic nitrogens is 4. The summed E-state index contributed by atoms with van der Waals surface area (Å²) in [4.78, 5) is 0. The predicted octanol–water partition coefficient (Wildman–Crippen LogP) is 13.7. The van der Waals surface area contributed by atoms with Crippen molar-refractivity contribution in [2.24, 2.45) is 29.6 Å². The van der Waals surface area contributed by atoms with Crippen LogP contribution in [-0.4, -0.2) is 30.9 Å². The second kappa shape index (κ2) is 30.1. The average Bonchev–Trinajstić information content (AvgIpc) is 3.90. The highest BCUT2D eigenvalue weighted by molar-refractivity contribution is 5.29. The zero-order valence-corrected chi connectivity index (χ0v) is 45.6. The molecule has 0 spiro atoms.